The monoisotopic (exact) mass is 225 g/mol. The fourth-order valence-electron chi connectivity index (χ4n) is 2.39. The van der Waals surface area contributed by atoms with Crippen molar-refractivity contribution in [1.29, 1.82) is 0 Å². The molecular formula is C15H31N. The predicted octanol–water partition coefficient (Wildman–Crippen LogP) is 4.52. The smallest absolute Gasteiger partial charge is 0.00106 e. The molecule has 1 heteroatoms. The van der Waals surface area contributed by atoms with Gasteiger partial charge < -0.3 is 5.32 Å². The maximum Gasteiger partial charge on any atom is 0.00106 e. The second-order valence-corrected chi connectivity index (χ2v) is 6.05. The molecule has 1 N–H and O–H groups in total. The molecule has 0 spiro atoms. The zero-order valence-corrected chi connectivity index (χ0v) is 11.6. The molecule has 1 fully saturated rings. The van der Waals surface area contributed by atoms with E-state index in [1.54, 1.807) is 0 Å². The number of hydrogen-bond donors (Lipinski definition) is 1. The Bertz CT molecular complexity index is 170. The second kappa shape index (κ2) is 7.32. The first kappa shape index (κ1) is 14.0. The van der Waals surface area contributed by atoms with Gasteiger partial charge >= 0.3 is 0 Å². The lowest BCUT2D eigenvalue weighted by Gasteiger charge is -2.17. The number of nitrogens with one attached hydrogen (secondary N) is 1. The lowest BCUT2D eigenvalue weighted by molar-refractivity contribution is 0.387. The largest absolute Gasteiger partial charge is 0.314 e. The van der Waals surface area contributed by atoms with E-state index in [0.717, 1.165) is 5.41 Å². The van der Waals surface area contributed by atoms with Crippen LogP contribution in [0, 0.1) is 5.41 Å². The van der Waals surface area contributed by atoms with Gasteiger partial charge in [0.05, 0.1) is 0 Å². The van der Waals surface area contributed by atoms with Crippen molar-refractivity contribution >= 4 is 0 Å². The summed E-state index contributed by atoms with van der Waals surface area (Å²) in [7, 11) is 0. The molecule has 0 saturated heterocycles. The van der Waals surface area contributed by atoms with Gasteiger partial charge in [-0.2, -0.15) is 0 Å². The third-order valence-corrected chi connectivity index (χ3v) is 3.90. The molecule has 1 nitrogen and oxygen atoms in total. The molecule has 1 aliphatic carbocycles. The molecule has 16 heavy (non-hydrogen) atoms. The summed E-state index contributed by atoms with van der Waals surface area (Å²) in [5, 5.41) is 3.61. The molecule has 0 aromatic rings. The van der Waals surface area contributed by atoms with Gasteiger partial charge in [-0.25, -0.2) is 0 Å². The number of unbranched alkanes of at least 4 members (excludes halogenated alkanes) is 5. The first-order chi connectivity index (χ1) is 7.68. The SMILES string of the molecule is CCCCCCCCC1(CNC(C)C)CC1. The Morgan fingerprint density at radius 2 is 1.62 bits per heavy atom. The molecule has 0 atom stereocenters. The van der Waals surface area contributed by atoms with Crippen molar-refractivity contribution in [2.75, 3.05) is 6.54 Å². The summed E-state index contributed by atoms with van der Waals surface area (Å²) in [6.07, 6.45) is 13.0. The lowest BCUT2D eigenvalue weighted by Crippen LogP contribution is -2.29. The molecular weight excluding hydrogens is 194 g/mol. The average molecular weight is 225 g/mol. The van der Waals surface area contributed by atoms with Crippen molar-refractivity contribution in [3.8, 4) is 0 Å². The van der Waals surface area contributed by atoms with Crippen LogP contribution < -0.4 is 5.32 Å². The molecule has 0 aromatic heterocycles. The average Bonchev–Trinajstić information content (AvgIpc) is 3.01. The fraction of sp³-hybridized carbons (Fsp3) is 1.00. The van der Waals surface area contributed by atoms with E-state index in [-0.39, 0.29) is 0 Å². The van der Waals surface area contributed by atoms with Crippen molar-refractivity contribution in [3.63, 3.8) is 0 Å². The third kappa shape index (κ3) is 5.89. The van der Waals surface area contributed by atoms with Crippen LogP contribution in [0.3, 0.4) is 0 Å². The van der Waals surface area contributed by atoms with Gasteiger partial charge in [0.15, 0.2) is 0 Å². The molecule has 96 valence electrons. The quantitative estimate of drug-likeness (QED) is 0.539. The highest BCUT2D eigenvalue weighted by atomic mass is 14.9. The van der Waals surface area contributed by atoms with E-state index in [1.807, 2.05) is 0 Å². The van der Waals surface area contributed by atoms with E-state index >= 15 is 0 Å². The van der Waals surface area contributed by atoms with Crippen molar-refractivity contribution in [3.05, 3.63) is 0 Å². The molecule has 0 unspecified atom stereocenters. The minimum atomic E-state index is 0.655. The number of hydrogen-bond acceptors (Lipinski definition) is 1. The minimum Gasteiger partial charge on any atom is -0.314 e. The summed E-state index contributed by atoms with van der Waals surface area (Å²) in [5.74, 6) is 0. The molecule has 0 aromatic carbocycles. The van der Waals surface area contributed by atoms with Crippen molar-refractivity contribution in [2.45, 2.75) is 84.6 Å². The maximum absolute atomic E-state index is 3.61. The fourth-order valence-corrected chi connectivity index (χ4v) is 2.39. The van der Waals surface area contributed by atoms with Crippen LogP contribution in [0.4, 0.5) is 0 Å². The van der Waals surface area contributed by atoms with Crippen LogP contribution in [-0.4, -0.2) is 12.6 Å². The van der Waals surface area contributed by atoms with Gasteiger partial charge in [-0.3, -0.25) is 0 Å². The van der Waals surface area contributed by atoms with E-state index in [0.29, 0.717) is 6.04 Å². The second-order valence-electron chi connectivity index (χ2n) is 6.05. The molecule has 0 heterocycles. The normalized spacial score (nSPS) is 18.0. The molecule has 1 aliphatic rings. The Labute approximate surface area is 102 Å². The van der Waals surface area contributed by atoms with E-state index in [4.69, 9.17) is 0 Å². The van der Waals surface area contributed by atoms with Crippen molar-refractivity contribution < 1.29 is 0 Å². The summed E-state index contributed by atoms with van der Waals surface area (Å²) in [4.78, 5) is 0. The Hall–Kier alpha value is -0.0400. The highest BCUT2D eigenvalue weighted by molar-refractivity contribution is 4.94. The topological polar surface area (TPSA) is 12.0 Å². The van der Waals surface area contributed by atoms with Crippen molar-refractivity contribution in [1.82, 2.24) is 5.32 Å². The maximum atomic E-state index is 3.61. The number of rotatable bonds is 10. The van der Waals surface area contributed by atoms with Crippen LogP contribution in [0.5, 0.6) is 0 Å². The van der Waals surface area contributed by atoms with Gasteiger partial charge in [0.1, 0.15) is 0 Å². The summed E-state index contributed by atoms with van der Waals surface area (Å²) in [6.45, 7) is 8.05. The van der Waals surface area contributed by atoms with Crippen LogP contribution in [0.15, 0.2) is 0 Å². The van der Waals surface area contributed by atoms with E-state index < -0.39 is 0 Å². The predicted molar refractivity (Wildman–Crippen MR) is 72.8 cm³/mol. The zero-order valence-electron chi connectivity index (χ0n) is 11.6. The van der Waals surface area contributed by atoms with Gasteiger partial charge in [-0.1, -0.05) is 59.3 Å². The summed E-state index contributed by atoms with van der Waals surface area (Å²) in [6, 6.07) is 0.655. The van der Waals surface area contributed by atoms with E-state index in [9.17, 15) is 0 Å². The summed E-state index contributed by atoms with van der Waals surface area (Å²) >= 11 is 0. The minimum absolute atomic E-state index is 0.655. The standard InChI is InChI=1S/C15H31N/c1-4-5-6-7-8-9-10-15(11-12-15)13-16-14(2)3/h14,16H,4-13H2,1-3H3. The van der Waals surface area contributed by atoms with Gasteiger partial charge in [0.2, 0.25) is 0 Å². The van der Waals surface area contributed by atoms with E-state index in [1.165, 1.54) is 64.3 Å². The highest BCUT2D eigenvalue weighted by Crippen LogP contribution is 2.49. The van der Waals surface area contributed by atoms with E-state index in [2.05, 4.69) is 26.1 Å². The molecule has 0 aliphatic heterocycles. The summed E-state index contributed by atoms with van der Waals surface area (Å²) < 4.78 is 0. The molecule has 1 saturated carbocycles. The first-order valence-corrected chi connectivity index (χ1v) is 7.42. The third-order valence-electron chi connectivity index (χ3n) is 3.90. The first-order valence-electron chi connectivity index (χ1n) is 7.42. The van der Waals surface area contributed by atoms with Crippen LogP contribution in [0.1, 0.15) is 78.6 Å². The van der Waals surface area contributed by atoms with Crippen LogP contribution >= 0.6 is 0 Å². The molecule has 0 bridgehead atoms. The summed E-state index contributed by atoms with van der Waals surface area (Å²) in [5.41, 5.74) is 0.717. The van der Waals surface area contributed by atoms with Crippen LogP contribution in [0.2, 0.25) is 0 Å². The van der Waals surface area contributed by atoms with Gasteiger partial charge in [0.25, 0.3) is 0 Å². The molecule has 1 rings (SSSR count). The van der Waals surface area contributed by atoms with Crippen LogP contribution in [-0.2, 0) is 0 Å². The Kier molecular flexibility index (Phi) is 6.41. The zero-order chi connectivity index (χ0) is 11.9. The van der Waals surface area contributed by atoms with Gasteiger partial charge in [0, 0.05) is 12.6 Å². The Balaban J connectivity index is 1.95. The molecule has 0 radical (unpaired) electrons. The Morgan fingerprint density at radius 3 is 2.19 bits per heavy atom. The lowest BCUT2D eigenvalue weighted by atomic mass is 9.97. The van der Waals surface area contributed by atoms with Crippen LogP contribution in [0.25, 0.3) is 0 Å². The van der Waals surface area contributed by atoms with Gasteiger partial charge in [-0.15, -0.1) is 0 Å². The highest BCUT2D eigenvalue weighted by Gasteiger charge is 2.41. The Morgan fingerprint density at radius 1 is 1.00 bits per heavy atom. The van der Waals surface area contributed by atoms with Gasteiger partial charge in [-0.05, 0) is 24.7 Å². The van der Waals surface area contributed by atoms with Crippen molar-refractivity contribution in [2.24, 2.45) is 5.41 Å². The molecule has 0 amide bonds.